The van der Waals surface area contributed by atoms with Crippen molar-refractivity contribution in [2.45, 2.75) is 51.6 Å². The van der Waals surface area contributed by atoms with Crippen molar-refractivity contribution in [2.24, 2.45) is 0 Å². The van der Waals surface area contributed by atoms with Gasteiger partial charge in [0.25, 0.3) is 0 Å². The van der Waals surface area contributed by atoms with Crippen LogP contribution in [0, 0.1) is 0 Å². The van der Waals surface area contributed by atoms with Crippen LogP contribution in [-0.4, -0.2) is 42.6 Å². The molecular formula is C12H26N2. The first-order valence-corrected chi connectivity index (χ1v) is 6.10. The third-order valence-corrected chi connectivity index (χ3v) is 4.02. The maximum Gasteiger partial charge on any atom is 0.0732 e. The van der Waals surface area contributed by atoms with Gasteiger partial charge in [0.05, 0.1) is 5.66 Å². The van der Waals surface area contributed by atoms with Gasteiger partial charge in [-0.15, -0.1) is 0 Å². The molecule has 14 heavy (non-hydrogen) atoms. The van der Waals surface area contributed by atoms with Gasteiger partial charge in [-0.3, -0.25) is 9.80 Å². The zero-order valence-electron chi connectivity index (χ0n) is 10.3. The molecule has 0 unspecified atom stereocenters. The van der Waals surface area contributed by atoms with Gasteiger partial charge in [0.1, 0.15) is 0 Å². The van der Waals surface area contributed by atoms with Crippen LogP contribution in [0.5, 0.6) is 0 Å². The Morgan fingerprint density at radius 2 is 1.29 bits per heavy atom. The molecule has 0 aliphatic heterocycles. The molecule has 1 aliphatic rings. The van der Waals surface area contributed by atoms with Crippen LogP contribution in [-0.2, 0) is 0 Å². The molecule has 2 nitrogen and oxygen atoms in total. The zero-order chi connectivity index (χ0) is 10.6. The first-order chi connectivity index (χ1) is 6.67. The molecule has 0 aromatic rings. The van der Waals surface area contributed by atoms with Crippen molar-refractivity contribution in [3.8, 4) is 0 Å². The summed E-state index contributed by atoms with van der Waals surface area (Å²) in [4.78, 5) is 5.07. The van der Waals surface area contributed by atoms with E-state index in [0.717, 1.165) is 13.1 Å². The normalized spacial score (nSPS) is 21.9. The molecule has 0 N–H and O–H groups in total. The second-order valence-corrected chi connectivity index (χ2v) is 4.57. The monoisotopic (exact) mass is 198 g/mol. The summed E-state index contributed by atoms with van der Waals surface area (Å²) in [5, 5.41) is 0. The van der Waals surface area contributed by atoms with E-state index in [-0.39, 0.29) is 0 Å². The van der Waals surface area contributed by atoms with Crippen molar-refractivity contribution in [1.29, 1.82) is 0 Å². The summed E-state index contributed by atoms with van der Waals surface area (Å²) in [6.45, 7) is 6.84. The second-order valence-electron chi connectivity index (χ2n) is 4.57. The minimum Gasteiger partial charge on any atom is -0.289 e. The molecule has 1 rings (SSSR count). The van der Waals surface area contributed by atoms with Gasteiger partial charge in [0, 0.05) is 0 Å². The van der Waals surface area contributed by atoms with Crippen molar-refractivity contribution < 1.29 is 0 Å². The Morgan fingerprint density at radius 1 is 0.857 bits per heavy atom. The maximum absolute atomic E-state index is 2.54. The van der Waals surface area contributed by atoms with Crippen LogP contribution in [0.3, 0.4) is 0 Å². The topological polar surface area (TPSA) is 6.48 Å². The summed E-state index contributed by atoms with van der Waals surface area (Å²) in [6.07, 6.45) is 6.92. The number of hydrogen-bond donors (Lipinski definition) is 0. The minimum atomic E-state index is 0.363. The Morgan fingerprint density at radius 3 is 1.64 bits per heavy atom. The fraction of sp³-hybridized carbons (Fsp3) is 1.00. The van der Waals surface area contributed by atoms with Gasteiger partial charge in [-0.25, -0.2) is 0 Å². The van der Waals surface area contributed by atoms with Crippen molar-refractivity contribution >= 4 is 0 Å². The van der Waals surface area contributed by atoms with E-state index >= 15 is 0 Å². The molecule has 0 aromatic carbocycles. The first-order valence-electron chi connectivity index (χ1n) is 6.10. The van der Waals surface area contributed by atoms with Gasteiger partial charge in [0.2, 0.25) is 0 Å². The summed E-state index contributed by atoms with van der Waals surface area (Å²) in [5.41, 5.74) is 0.363. The molecule has 0 bridgehead atoms. The summed E-state index contributed by atoms with van der Waals surface area (Å²) in [7, 11) is 4.55. The van der Waals surface area contributed by atoms with Crippen LogP contribution in [0.15, 0.2) is 0 Å². The minimum absolute atomic E-state index is 0.363. The van der Waals surface area contributed by atoms with Crippen LogP contribution < -0.4 is 0 Å². The van der Waals surface area contributed by atoms with Gasteiger partial charge >= 0.3 is 0 Å². The Kier molecular flexibility index (Phi) is 4.39. The molecule has 1 fully saturated rings. The van der Waals surface area contributed by atoms with Gasteiger partial charge in [-0.05, 0) is 40.0 Å². The van der Waals surface area contributed by atoms with E-state index in [2.05, 4.69) is 37.7 Å². The van der Waals surface area contributed by atoms with Gasteiger partial charge in [0.15, 0.2) is 0 Å². The Labute approximate surface area is 89.3 Å². The molecule has 2 heteroatoms. The molecule has 0 heterocycles. The van der Waals surface area contributed by atoms with E-state index in [0.29, 0.717) is 5.66 Å². The lowest BCUT2D eigenvalue weighted by Crippen LogP contribution is -2.58. The van der Waals surface area contributed by atoms with E-state index in [1.54, 1.807) is 0 Å². The van der Waals surface area contributed by atoms with Crippen LogP contribution in [0.25, 0.3) is 0 Å². The molecule has 0 spiro atoms. The number of hydrogen-bond acceptors (Lipinski definition) is 2. The van der Waals surface area contributed by atoms with Gasteiger partial charge in [-0.1, -0.05) is 33.1 Å². The second kappa shape index (κ2) is 5.13. The van der Waals surface area contributed by atoms with Crippen molar-refractivity contribution in [2.75, 3.05) is 27.2 Å². The molecular weight excluding hydrogens is 172 g/mol. The molecule has 1 aliphatic carbocycles. The highest BCUT2D eigenvalue weighted by Crippen LogP contribution is 2.34. The smallest absolute Gasteiger partial charge is 0.0732 e. The molecule has 84 valence electrons. The highest BCUT2D eigenvalue weighted by molar-refractivity contribution is 4.89. The van der Waals surface area contributed by atoms with E-state index in [9.17, 15) is 0 Å². The van der Waals surface area contributed by atoms with Crippen LogP contribution in [0.1, 0.15) is 46.0 Å². The molecule has 0 aromatic heterocycles. The number of nitrogens with zero attached hydrogens (tertiary/aromatic N) is 2. The lowest BCUT2D eigenvalue weighted by atomic mass is 9.86. The van der Waals surface area contributed by atoms with Crippen LogP contribution in [0.2, 0.25) is 0 Å². The van der Waals surface area contributed by atoms with Crippen LogP contribution in [0.4, 0.5) is 0 Å². The van der Waals surface area contributed by atoms with E-state index < -0.39 is 0 Å². The van der Waals surface area contributed by atoms with Crippen molar-refractivity contribution in [3.05, 3.63) is 0 Å². The Balaban J connectivity index is 2.76. The fourth-order valence-electron chi connectivity index (χ4n) is 2.76. The third kappa shape index (κ3) is 2.12. The SMILES string of the molecule is CCN(C)C1(N(C)CC)CCCCC1. The molecule has 1 saturated carbocycles. The largest absolute Gasteiger partial charge is 0.289 e. The van der Waals surface area contributed by atoms with E-state index in [4.69, 9.17) is 0 Å². The first kappa shape index (κ1) is 12.0. The predicted octanol–water partition coefficient (Wildman–Crippen LogP) is 2.55. The van der Waals surface area contributed by atoms with Crippen molar-refractivity contribution in [1.82, 2.24) is 9.80 Å². The fourth-order valence-corrected chi connectivity index (χ4v) is 2.76. The summed E-state index contributed by atoms with van der Waals surface area (Å²) < 4.78 is 0. The maximum atomic E-state index is 2.54. The molecule has 0 amide bonds. The third-order valence-electron chi connectivity index (χ3n) is 4.02. The quantitative estimate of drug-likeness (QED) is 0.641. The summed E-state index contributed by atoms with van der Waals surface area (Å²) in [6, 6.07) is 0. The zero-order valence-corrected chi connectivity index (χ0v) is 10.3. The standard InChI is InChI=1S/C12H26N2/c1-5-13(3)12(14(4)6-2)10-8-7-9-11-12/h5-11H2,1-4H3. The lowest BCUT2D eigenvalue weighted by molar-refractivity contribution is -0.0525. The highest BCUT2D eigenvalue weighted by Gasteiger charge is 2.38. The van der Waals surface area contributed by atoms with E-state index in [1.165, 1.54) is 32.1 Å². The van der Waals surface area contributed by atoms with Gasteiger partial charge < -0.3 is 0 Å². The molecule has 0 radical (unpaired) electrons. The Hall–Kier alpha value is -0.0800. The number of rotatable bonds is 4. The average molecular weight is 198 g/mol. The highest BCUT2D eigenvalue weighted by atomic mass is 15.4. The van der Waals surface area contributed by atoms with E-state index in [1.807, 2.05) is 0 Å². The predicted molar refractivity (Wildman–Crippen MR) is 62.4 cm³/mol. The van der Waals surface area contributed by atoms with Crippen molar-refractivity contribution in [3.63, 3.8) is 0 Å². The molecule has 0 saturated heterocycles. The van der Waals surface area contributed by atoms with Crippen LogP contribution >= 0.6 is 0 Å². The van der Waals surface area contributed by atoms with Gasteiger partial charge in [-0.2, -0.15) is 0 Å². The molecule has 0 atom stereocenters. The summed E-state index contributed by atoms with van der Waals surface area (Å²) in [5.74, 6) is 0. The summed E-state index contributed by atoms with van der Waals surface area (Å²) >= 11 is 0. The Bertz CT molecular complexity index is 150. The average Bonchev–Trinajstić information content (AvgIpc) is 2.27. The lowest BCUT2D eigenvalue weighted by Gasteiger charge is -2.50.